The molecule has 0 radical (unpaired) electrons. The van der Waals surface area contributed by atoms with E-state index in [2.05, 4.69) is 25.1 Å². The molecule has 1 amide bonds. The lowest BCUT2D eigenvalue weighted by molar-refractivity contribution is -0.121. The van der Waals surface area contributed by atoms with Gasteiger partial charge in [0.25, 0.3) is 0 Å². The molecular formula is C18H20FN5O. The van der Waals surface area contributed by atoms with Crippen LogP contribution in [-0.4, -0.2) is 31.7 Å². The maximum Gasteiger partial charge on any atom is 0.224 e. The molecule has 0 saturated heterocycles. The highest BCUT2D eigenvalue weighted by Crippen LogP contribution is 2.24. The monoisotopic (exact) mass is 341 g/mol. The van der Waals surface area contributed by atoms with Crippen LogP contribution in [0.4, 0.5) is 4.39 Å². The van der Waals surface area contributed by atoms with Crippen LogP contribution in [0, 0.1) is 19.7 Å². The maximum atomic E-state index is 13.6. The summed E-state index contributed by atoms with van der Waals surface area (Å²) < 4.78 is 15.6. The van der Waals surface area contributed by atoms with Crippen LogP contribution in [0.15, 0.2) is 18.2 Å². The van der Waals surface area contributed by atoms with E-state index in [1.165, 1.54) is 12.1 Å². The van der Waals surface area contributed by atoms with Crippen LogP contribution in [0.5, 0.6) is 0 Å². The summed E-state index contributed by atoms with van der Waals surface area (Å²) in [5.74, 6) is 1.51. The van der Waals surface area contributed by atoms with Gasteiger partial charge < -0.3 is 14.9 Å². The molecular weight excluding hydrogens is 321 g/mol. The molecule has 130 valence electrons. The van der Waals surface area contributed by atoms with Crippen molar-refractivity contribution in [2.45, 2.75) is 45.7 Å². The van der Waals surface area contributed by atoms with Gasteiger partial charge in [-0.1, -0.05) is 0 Å². The molecule has 0 spiro atoms. The highest BCUT2D eigenvalue weighted by molar-refractivity contribution is 5.90. The normalized spacial score (nSPS) is 16.8. The van der Waals surface area contributed by atoms with Gasteiger partial charge in [0.2, 0.25) is 5.91 Å². The molecule has 0 bridgehead atoms. The molecule has 4 rings (SSSR count). The average Bonchev–Trinajstić information content (AvgIpc) is 3.09. The number of aromatic amines is 1. The van der Waals surface area contributed by atoms with E-state index < -0.39 is 0 Å². The summed E-state index contributed by atoms with van der Waals surface area (Å²) >= 11 is 0. The lowest BCUT2D eigenvalue weighted by Crippen LogP contribution is -2.41. The molecule has 0 fully saturated rings. The van der Waals surface area contributed by atoms with Gasteiger partial charge in [0, 0.05) is 35.6 Å². The van der Waals surface area contributed by atoms with Crippen molar-refractivity contribution in [2.24, 2.45) is 0 Å². The van der Waals surface area contributed by atoms with Gasteiger partial charge in [-0.05, 0) is 44.0 Å². The Hall–Kier alpha value is -2.70. The molecule has 6 nitrogen and oxygen atoms in total. The quantitative estimate of drug-likeness (QED) is 0.767. The largest absolute Gasteiger partial charge is 0.358 e. The van der Waals surface area contributed by atoms with Crippen molar-refractivity contribution in [1.29, 1.82) is 0 Å². The maximum absolute atomic E-state index is 13.6. The topological polar surface area (TPSA) is 75.6 Å². The second-order valence-corrected chi connectivity index (χ2v) is 6.67. The number of carbonyl (C=O) groups is 1. The molecule has 2 aromatic heterocycles. The highest BCUT2D eigenvalue weighted by atomic mass is 19.1. The second kappa shape index (κ2) is 5.98. The van der Waals surface area contributed by atoms with Gasteiger partial charge in [0.1, 0.15) is 17.5 Å². The Bertz CT molecular complexity index is 958. The van der Waals surface area contributed by atoms with Gasteiger partial charge in [0.05, 0.1) is 6.42 Å². The van der Waals surface area contributed by atoms with Crippen LogP contribution < -0.4 is 5.32 Å². The number of carbonyl (C=O) groups excluding carboxylic acids is 1. The van der Waals surface area contributed by atoms with E-state index in [9.17, 15) is 9.18 Å². The molecule has 0 saturated carbocycles. The van der Waals surface area contributed by atoms with Gasteiger partial charge in [-0.2, -0.15) is 0 Å². The lowest BCUT2D eigenvalue weighted by atomic mass is 10.0. The molecule has 1 aromatic carbocycles. The smallest absolute Gasteiger partial charge is 0.224 e. The predicted molar refractivity (Wildman–Crippen MR) is 91.7 cm³/mol. The van der Waals surface area contributed by atoms with E-state index in [1.807, 2.05) is 13.8 Å². The standard InChI is InChI=1S/C18H20FN5O/c1-10-14(15-7-12(19)3-5-16(15)20-10)8-18(25)21-13-4-6-17-23-22-11(2)24(17)9-13/h3,5,7,13,20H,4,6,8-9H2,1-2H3,(H,21,25). The number of nitrogens with one attached hydrogen (secondary N) is 2. The van der Waals surface area contributed by atoms with Crippen LogP contribution in [0.3, 0.4) is 0 Å². The molecule has 1 aliphatic rings. The number of aromatic nitrogens is 4. The summed E-state index contributed by atoms with van der Waals surface area (Å²) in [6.45, 7) is 4.53. The van der Waals surface area contributed by atoms with Crippen LogP contribution in [-0.2, 0) is 24.2 Å². The Morgan fingerprint density at radius 1 is 1.40 bits per heavy atom. The molecule has 3 aromatic rings. The van der Waals surface area contributed by atoms with E-state index >= 15 is 0 Å². The highest BCUT2D eigenvalue weighted by Gasteiger charge is 2.23. The lowest BCUT2D eigenvalue weighted by Gasteiger charge is -2.25. The van der Waals surface area contributed by atoms with Crippen LogP contribution in [0.1, 0.15) is 29.3 Å². The van der Waals surface area contributed by atoms with Crippen LogP contribution >= 0.6 is 0 Å². The number of amides is 1. The van der Waals surface area contributed by atoms with E-state index in [-0.39, 0.29) is 24.2 Å². The fourth-order valence-electron chi connectivity index (χ4n) is 3.60. The van der Waals surface area contributed by atoms with E-state index in [1.54, 1.807) is 6.07 Å². The van der Waals surface area contributed by atoms with Gasteiger partial charge in [0.15, 0.2) is 0 Å². The number of hydrogen-bond donors (Lipinski definition) is 2. The molecule has 1 aliphatic heterocycles. The van der Waals surface area contributed by atoms with Crippen LogP contribution in [0.25, 0.3) is 10.9 Å². The van der Waals surface area contributed by atoms with Crippen molar-refractivity contribution < 1.29 is 9.18 Å². The zero-order valence-electron chi connectivity index (χ0n) is 14.3. The molecule has 3 heterocycles. The number of fused-ring (bicyclic) bond motifs is 2. The summed E-state index contributed by atoms with van der Waals surface area (Å²) in [5.41, 5.74) is 2.60. The summed E-state index contributed by atoms with van der Waals surface area (Å²) in [6.07, 6.45) is 1.90. The number of H-pyrrole nitrogens is 1. The Morgan fingerprint density at radius 3 is 3.08 bits per heavy atom. The third-order valence-corrected chi connectivity index (χ3v) is 4.92. The zero-order chi connectivity index (χ0) is 17.6. The minimum atomic E-state index is -0.295. The van der Waals surface area contributed by atoms with Crippen molar-refractivity contribution in [3.05, 3.63) is 46.9 Å². The summed E-state index contributed by atoms with van der Waals surface area (Å²) in [6, 6.07) is 4.67. The molecule has 0 aliphatic carbocycles. The number of aryl methyl sites for hydroxylation is 3. The number of hydrogen-bond acceptors (Lipinski definition) is 3. The molecule has 7 heteroatoms. The van der Waals surface area contributed by atoms with Gasteiger partial charge in [-0.3, -0.25) is 4.79 Å². The minimum absolute atomic E-state index is 0.0487. The minimum Gasteiger partial charge on any atom is -0.358 e. The van der Waals surface area contributed by atoms with E-state index in [0.29, 0.717) is 6.54 Å². The fourth-order valence-corrected chi connectivity index (χ4v) is 3.60. The van der Waals surface area contributed by atoms with Crippen molar-refractivity contribution >= 4 is 16.8 Å². The first-order valence-electron chi connectivity index (χ1n) is 8.46. The Balaban J connectivity index is 1.49. The molecule has 2 N–H and O–H groups in total. The average molecular weight is 341 g/mol. The van der Waals surface area contributed by atoms with Crippen molar-refractivity contribution in [1.82, 2.24) is 25.1 Å². The predicted octanol–water partition coefficient (Wildman–Crippen LogP) is 2.19. The van der Waals surface area contributed by atoms with Gasteiger partial charge in [-0.15, -0.1) is 10.2 Å². The van der Waals surface area contributed by atoms with E-state index in [4.69, 9.17) is 0 Å². The molecule has 1 unspecified atom stereocenters. The number of rotatable bonds is 3. The Morgan fingerprint density at radius 2 is 2.24 bits per heavy atom. The van der Waals surface area contributed by atoms with Gasteiger partial charge >= 0.3 is 0 Å². The summed E-state index contributed by atoms with van der Waals surface area (Å²) in [5, 5.41) is 12.1. The van der Waals surface area contributed by atoms with Crippen LogP contribution in [0.2, 0.25) is 0 Å². The first-order chi connectivity index (χ1) is 12.0. The van der Waals surface area contributed by atoms with Gasteiger partial charge in [-0.25, -0.2) is 4.39 Å². The zero-order valence-corrected chi connectivity index (χ0v) is 14.3. The Labute approximate surface area is 144 Å². The number of benzene rings is 1. The third-order valence-electron chi connectivity index (χ3n) is 4.92. The first kappa shape index (κ1) is 15.8. The van der Waals surface area contributed by atoms with E-state index in [0.717, 1.165) is 46.7 Å². The fraction of sp³-hybridized carbons (Fsp3) is 0.389. The molecule has 25 heavy (non-hydrogen) atoms. The SMILES string of the molecule is Cc1[nH]c2ccc(F)cc2c1CC(=O)NC1CCc2nnc(C)n2C1. The van der Waals surface area contributed by atoms with Crippen molar-refractivity contribution in [3.63, 3.8) is 0 Å². The summed E-state index contributed by atoms with van der Waals surface area (Å²) in [4.78, 5) is 15.7. The van der Waals surface area contributed by atoms with Crippen molar-refractivity contribution in [2.75, 3.05) is 0 Å². The third kappa shape index (κ3) is 2.90. The summed E-state index contributed by atoms with van der Waals surface area (Å²) in [7, 11) is 0. The second-order valence-electron chi connectivity index (χ2n) is 6.67. The Kier molecular flexibility index (Phi) is 3.78. The number of halogens is 1. The first-order valence-corrected chi connectivity index (χ1v) is 8.46. The van der Waals surface area contributed by atoms with Crippen molar-refractivity contribution in [3.8, 4) is 0 Å². The molecule has 1 atom stereocenters. The number of nitrogens with zero attached hydrogens (tertiary/aromatic N) is 3.